The van der Waals surface area contributed by atoms with Crippen LogP contribution in [0.5, 0.6) is 5.75 Å². The zero-order valence-electron chi connectivity index (χ0n) is 7.71. The number of benzene rings is 1. The summed E-state index contributed by atoms with van der Waals surface area (Å²) in [5, 5.41) is 0.637. The van der Waals surface area contributed by atoms with Gasteiger partial charge in [-0.3, -0.25) is 10.2 Å². The van der Waals surface area contributed by atoms with E-state index in [2.05, 4.69) is 0 Å². The lowest BCUT2D eigenvalue weighted by atomic mass is 10.2. The van der Waals surface area contributed by atoms with Crippen molar-refractivity contribution in [3.05, 3.63) is 28.8 Å². The molecule has 1 aromatic carbocycles. The van der Waals surface area contributed by atoms with Crippen LogP contribution in [-0.4, -0.2) is 12.5 Å². The van der Waals surface area contributed by atoms with Gasteiger partial charge in [-0.2, -0.15) is 0 Å². The van der Waals surface area contributed by atoms with E-state index in [9.17, 15) is 4.79 Å². The molecule has 0 aliphatic carbocycles. The molecule has 1 amide bonds. The van der Waals surface area contributed by atoms with Crippen LogP contribution in [0.25, 0.3) is 0 Å². The predicted octanol–water partition coefficient (Wildman–Crippen LogP) is 1.02. The van der Waals surface area contributed by atoms with Crippen LogP contribution in [0.1, 0.15) is 5.56 Å². The Labute approximate surface area is 87.0 Å². The van der Waals surface area contributed by atoms with Crippen LogP contribution < -0.4 is 16.0 Å². The molecule has 0 aliphatic heterocycles. The average Bonchev–Trinajstić information content (AvgIpc) is 2.16. The Morgan fingerprint density at radius 1 is 1.64 bits per heavy atom. The molecule has 14 heavy (non-hydrogen) atoms. The molecule has 0 unspecified atom stereocenters. The van der Waals surface area contributed by atoms with Crippen LogP contribution >= 0.6 is 11.6 Å². The SMILES string of the molecule is Cc1cc(Cl)ccc1OCC(=O)NN. The fraction of sp³-hybridized carbons (Fsp3) is 0.222. The summed E-state index contributed by atoms with van der Waals surface area (Å²) < 4.78 is 5.19. The molecule has 0 aliphatic rings. The highest BCUT2D eigenvalue weighted by molar-refractivity contribution is 6.30. The van der Waals surface area contributed by atoms with Gasteiger partial charge in [-0.25, -0.2) is 5.84 Å². The number of nitrogens with one attached hydrogen (secondary N) is 1. The topological polar surface area (TPSA) is 64.3 Å². The summed E-state index contributed by atoms with van der Waals surface area (Å²) in [6.07, 6.45) is 0. The number of nitrogens with two attached hydrogens (primary N) is 1. The van der Waals surface area contributed by atoms with Gasteiger partial charge in [-0.1, -0.05) is 11.6 Å². The minimum atomic E-state index is -0.376. The molecule has 0 bridgehead atoms. The normalized spacial score (nSPS) is 9.64. The molecule has 0 saturated heterocycles. The van der Waals surface area contributed by atoms with Gasteiger partial charge in [0, 0.05) is 5.02 Å². The molecule has 1 aromatic rings. The van der Waals surface area contributed by atoms with Crippen molar-refractivity contribution in [2.75, 3.05) is 6.61 Å². The number of hydrogen-bond donors (Lipinski definition) is 2. The van der Waals surface area contributed by atoms with E-state index < -0.39 is 0 Å². The van der Waals surface area contributed by atoms with Gasteiger partial charge in [0.05, 0.1) is 0 Å². The highest BCUT2D eigenvalue weighted by Crippen LogP contribution is 2.21. The van der Waals surface area contributed by atoms with E-state index in [1.165, 1.54) is 0 Å². The lowest BCUT2D eigenvalue weighted by Gasteiger charge is -2.07. The maximum atomic E-state index is 10.8. The third-order valence-electron chi connectivity index (χ3n) is 1.66. The van der Waals surface area contributed by atoms with Crippen molar-refractivity contribution in [2.24, 2.45) is 5.84 Å². The lowest BCUT2D eigenvalue weighted by Crippen LogP contribution is -2.34. The molecule has 5 heteroatoms. The van der Waals surface area contributed by atoms with E-state index >= 15 is 0 Å². The Kier molecular flexibility index (Phi) is 3.73. The molecule has 4 nitrogen and oxygen atoms in total. The first kappa shape index (κ1) is 10.8. The minimum absolute atomic E-state index is 0.0982. The summed E-state index contributed by atoms with van der Waals surface area (Å²) in [7, 11) is 0. The Bertz CT molecular complexity index is 342. The van der Waals surface area contributed by atoms with Crippen LogP contribution in [-0.2, 0) is 4.79 Å². The van der Waals surface area contributed by atoms with Crippen molar-refractivity contribution < 1.29 is 9.53 Å². The number of carbonyl (C=O) groups excluding carboxylic acids is 1. The highest BCUT2D eigenvalue weighted by atomic mass is 35.5. The van der Waals surface area contributed by atoms with E-state index in [-0.39, 0.29) is 12.5 Å². The number of hydrogen-bond acceptors (Lipinski definition) is 3. The van der Waals surface area contributed by atoms with Crippen molar-refractivity contribution in [1.29, 1.82) is 0 Å². The number of rotatable bonds is 3. The van der Waals surface area contributed by atoms with E-state index in [1.54, 1.807) is 18.2 Å². The number of carbonyl (C=O) groups is 1. The summed E-state index contributed by atoms with van der Waals surface area (Å²) in [6.45, 7) is 1.75. The predicted molar refractivity (Wildman–Crippen MR) is 54.0 cm³/mol. The Morgan fingerprint density at radius 3 is 2.93 bits per heavy atom. The van der Waals surface area contributed by atoms with E-state index in [4.69, 9.17) is 22.2 Å². The lowest BCUT2D eigenvalue weighted by molar-refractivity contribution is -0.123. The van der Waals surface area contributed by atoms with Gasteiger partial charge in [0.1, 0.15) is 5.75 Å². The van der Waals surface area contributed by atoms with Crippen molar-refractivity contribution in [3.63, 3.8) is 0 Å². The first-order valence-electron chi connectivity index (χ1n) is 4.02. The molecule has 3 N–H and O–H groups in total. The Balaban J connectivity index is 2.63. The molecule has 0 atom stereocenters. The van der Waals surface area contributed by atoms with Gasteiger partial charge in [0.15, 0.2) is 6.61 Å². The summed E-state index contributed by atoms with van der Waals surface area (Å²) in [5.41, 5.74) is 2.85. The molecular weight excluding hydrogens is 204 g/mol. The second kappa shape index (κ2) is 4.83. The van der Waals surface area contributed by atoms with Crippen LogP contribution in [0.4, 0.5) is 0 Å². The quantitative estimate of drug-likeness (QED) is 0.449. The first-order valence-corrected chi connectivity index (χ1v) is 4.39. The van der Waals surface area contributed by atoms with Crippen LogP contribution in [0.2, 0.25) is 5.02 Å². The average molecular weight is 215 g/mol. The van der Waals surface area contributed by atoms with Crippen LogP contribution in [0.15, 0.2) is 18.2 Å². The van der Waals surface area contributed by atoms with E-state index in [0.29, 0.717) is 10.8 Å². The third-order valence-corrected chi connectivity index (χ3v) is 1.89. The number of hydrazine groups is 1. The van der Waals surface area contributed by atoms with Gasteiger partial charge < -0.3 is 4.74 Å². The Hall–Kier alpha value is -1.26. The van der Waals surface area contributed by atoms with Gasteiger partial charge in [0.2, 0.25) is 0 Å². The maximum Gasteiger partial charge on any atom is 0.271 e. The fourth-order valence-electron chi connectivity index (χ4n) is 0.960. The van der Waals surface area contributed by atoms with Crippen molar-refractivity contribution >= 4 is 17.5 Å². The second-order valence-corrected chi connectivity index (χ2v) is 3.20. The standard InChI is InChI=1S/C9H11ClN2O2/c1-6-4-7(10)2-3-8(6)14-5-9(13)12-11/h2-4H,5,11H2,1H3,(H,12,13). The molecule has 0 radical (unpaired) electrons. The van der Waals surface area contributed by atoms with Gasteiger partial charge in [-0.05, 0) is 30.7 Å². The van der Waals surface area contributed by atoms with Crippen LogP contribution in [0, 0.1) is 6.92 Å². The fourth-order valence-corrected chi connectivity index (χ4v) is 1.19. The molecule has 0 spiro atoms. The van der Waals surface area contributed by atoms with Gasteiger partial charge >= 0.3 is 0 Å². The summed E-state index contributed by atoms with van der Waals surface area (Å²) in [4.78, 5) is 10.8. The van der Waals surface area contributed by atoms with Crippen molar-refractivity contribution in [3.8, 4) is 5.75 Å². The summed E-state index contributed by atoms with van der Waals surface area (Å²) in [5.74, 6) is 5.15. The molecule has 0 fully saturated rings. The molecular formula is C9H11ClN2O2. The van der Waals surface area contributed by atoms with Gasteiger partial charge in [0.25, 0.3) is 5.91 Å². The van der Waals surface area contributed by atoms with Crippen LogP contribution in [0.3, 0.4) is 0 Å². The third kappa shape index (κ3) is 2.90. The van der Waals surface area contributed by atoms with E-state index in [1.807, 2.05) is 12.3 Å². The summed E-state index contributed by atoms with van der Waals surface area (Å²) in [6, 6.07) is 5.17. The second-order valence-electron chi connectivity index (χ2n) is 2.77. The van der Waals surface area contributed by atoms with E-state index in [0.717, 1.165) is 5.56 Å². The van der Waals surface area contributed by atoms with Crippen molar-refractivity contribution in [2.45, 2.75) is 6.92 Å². The monoisotopic (exact) mass is 214 g/mol. The number of aryl methyl sites for hydroxylation is 1. The zero-order chi connectivity index (χ0) is 10.6. The molecule has 1 rings (SSSR count). The summed E-state index contributed by atoms with van der Waals surface area (Å²) >= 11 is 5.75. The maximum absolute atomic E-state index is 10.8. The largest absolute Gasteiger partial charge is 0.483 e. The zero-order valence-corrected chi connectivity index (χ0v) is 8.47. The molecule has 76 valence electrons. The smallest absolute Gasteiger partial charge is 0.271 e. The number of ether oxygens (including phenoxy) is 1. The number of amides is 1. The minimum Gasteiger partial charge on any atom is -0.483 e. The Morgan fingerprint density at radius 2 is 2.36 bits per heavy atom. The molecule has 0 saturated carbocycles. The number of halogens is 1. The van der Waals surface area contributed by atoms with Gasteiger partial charge in [-0.15, -0.1) is 0 Å². The highest BCUT2D eigenvalue weighted by Gasteiger charge is 2.03. The molecule has 0 aromatic heterocycles. The first-order chi connectivity index (χ1) is 6.63. The van der Waals surface area contributed by atoms with Crippen molar-refractivity contribution in [1.82, 2.24) is 5.43 Å². The molecule has 0 heterocycles.